The van der Waals surface area contributed by atoms with Crippen LogP contribution in [0, 0.1) is 5.41 Å². The van der Waals surface area contributed by atoms with E-state index in [4.69, 9.17) is 9.96 Å². The molecule has 0 saturated heterocycles. The number of carbonyl (C=O) groups excluding carboxylic acids is 3. The zero-order valence-electron chi connectivity index (χ0n) is 22.1. The molecule has 0 heterocycles. The Labute approximate surface area is 227 Å². The molecule has 0 saturated carbocycles. The first-order valence-corrected chi connectivity index (χ1v) is 15.0. The zero-order valence-corrected chi connectivity index (χ0v) is 23.7. The van der Waals surface area contributed by atoms with E-state index in [1.54, 1.807) is 91.0 Å². The second-order valence-electron chi connectivity index (χ2n) is 9.70. The van der Waals surface area contributed by atoms with Crippen LogP contribution in [0.1, 0.15) is 65.7 Å². The molecule has 0 aromatic heterocycles. The van der Waals surface area contributed by atoms with Crippen molar-refractivity contribution < 1.29 is 42.1 Å². The molecule has 6 nitrogen and oxygen atoms in total. The van der Waals surface area contributed by atoms with E-state index in [9.17, 15) is 14.4 Å². The van der Waals surface area contributed by atoms with Crippen LogP contribution in [0.3, 0.4) is 0 Å². The van der Waals surface area contributed by atoms with Gasteiger partial charge in [0, 0.05) is 0 Å². The third kappa shape index (κ3) is 5.28. The topological polar surface area (TPSA) is 78.9 Å². The van der Waals surface area contributed by atoms with Crippen LogP contribution < -0.4 is 0 Å². The molecular formula is C31H30O6Ti. The Kier molecular flexibility index (Phi) is 7.86. The van der Waals surface area contributed by atoms with Crippen molar-refractivity contribution in [3.05, 3.63) is 128 Å². The van der Waals surface area contributed by atoms with Gasteiger partial charge in [-0.15, -0.1) is 0 Å². The summed E-state index contributed by atoms with van der Waals surface area (Å²) in [6.07, 6.45) is 0. The molecule has 0 spiro atoms. The summed E-state index contributed by atoms with van der Waals surface area (Å²) in [6, 6.07) is 25.2. The van der Waals surface area contributed by atoms with Crippen LogP contribution in [-0.4, -0.2) is 17.9 Å². The summed E-state index contributed by atoms with van der Waals surface area (Å²) >= 11 is -5.33. The molecule has 3 aromatic carbocycles. The SMILES string of the molecule is CC1=C(C)C(C)(C)[C]([Ti]([O]C(=O)c2ccccc2)([O]C(=O)c2ccccc2)[O]C(=O)c2ccccc2)=C1C. The Bertz CT molecular complexity index is 1290. The number of allylic oxidation sites excluding steroid dienone is 4. The zero-order chi connectivity index (χ0) is 27.5. The van der Waals surface area contributed by atoms with Gasteiger partial charge >= 0.3 is 228 Å². The van der Waals surface area contributed by atoms with Gasteiger partial charge in [0.05, 0.1) is 0 Å². The molecule has 0 radical (unpaired) electrons. The number of hydrogen-bond acceptors (Lipinski definition) is 6. The molecule has 0 fully saturated rings. The average molecular weight is 546 g/mol. The molecule has 0 N–H and O–H groups in total. The van der Waals surface area contributed by atoms with Gasteiger partial charge < -0.3 is 0 Å². The molecule has 0 bridgehead atoms. The van der Waals surface area contributed by atoms with Gasteiger partial charge in [0.15, 0.2) is 0 Å². The Morgan fingerprint density at radius 3 is 1.13 bits per heavy atom. The predicted molar refractivity (Wildman–Crippen MR) is 140 cm³/mol. The van der Waals surface area contributed by atoms with Crippen LogP contribution >= 0.6 is 0 Å². The Morgan fingerprint density at radius 1 is 0.553 bits per heavy atom. The Hall–Kier alpha value is -3.74. The van der Waals surface area contributed by atoms with E-state index >= 15 is 0 Å². The predicted octanol–water partition coefficient (Wildman–Crippen LogP) is 7.11. The monoisotopic (exact) mass is 546 g/mol. The van der Waals surface area contributed by atoms with Crippen molar-refractivity contribution in [1.82, 2.24) is 0 Å². The van der Waals surface area contributed by atoms with Crippen LogP contribution in [0.2, 0.25) is 0 Å². The fraction of sp³-hybridized carbons (Fsp3) is 0.194. The molecule has 0 atom stereocenters. The van der Waals surface area contributed by atoms with Gasteiger partial charge in [-0.25, -0.2) is 0 Å². The van der Waals surface area contributed by atoms with E-state index in [1.807, 2.05) is 34.6 Å². The van der Waals surface area contributed by atoms with Crippen molar-refractivity contribution >= 4 is 17.9 Å². The van der Waals surface area contributed by atoms with Crippen molar-refractivity contribution in [2.75, 3.05) is 0 Å². The van der Waals surface area contributed by atoms with Crippen molar-refractivity contribution in [3.63, 3.8) is 0 Å². The van der Waals surface area contributed by atoms with Crippen molar-refractivity contribution in [3.8, 4) is 0 Å². The van der Waals surface area contributed by atoms with Crippen molar-refractivity contribution in [1.29, 1.82) is 0 Å². The van der Waals surface area contributed by atoms with Crippen LogP contribution in [-0.2, 0) is 27.7 Å². The van der Waals surface area contributed by atoms with E-state index in [0.717, 1.165) is 16.7 Å². The van der Waals surface area contributed by atoms with Crippen LogP contribution in [0.25, 0.3) is 0 Å². The van der Waals surface area contributed by atoms with Crippen LogP contribution in [0.15, 0.2) is 112 Å². The molecule has 0 aliphatic heterocycles. The normalized spacial score (nSPS) is 14.8. The number of carbonyl (C=O) groups is 3. The molecule has 3 aromatic rings. The quantitative estimate of drug-likeness (QED) is 0.294. The van der Waals surface area contributed by atoms with E-state index in [1.165, 1.54) is 0 Å². The summed E-state index contributed by atoms with van der Waals surface area (Å²) < 4.78 is 19.1. The second-order valence-corrected chi connectivity index (χ2v) is 13.2. The summed E-state index contributed by atoms with van der Waals surface area (Å²) in [5, 5.41) is 0. The molecule has 1 aliphatic rings. The third-order valence-electron chi connectivity index (χ3n) is 7.08. The Balaban J connectivity index is 1.91. The first-order chi connectivity index (χ1) is 18.1. The van der Waals surface area contributed by atoms with Gasteiger partial charge in [0.1, 0.15) is 0 Å². The number of rotatable bonds is 7. The number of hydrogen-bond donors (Lipinski definition) is 0. The van der Waals surface area contributed by atoms with Gasteiger partial charge in [-0.05, 0) is 0 Å². The van der Waals surface area contributed by atoms with Gasteiger partial charge in [-0.2, -0.15) is 0 Å². The molecule has 7 heteroatoms. The first kappa shape index (κ1) is 27.3. The van der Waals surface area contributed by atoms with Crippen molar-refractivity contribution in [2.45, 2.75) is 34.6 Å². The van der Waals surface area contributed by atoms with Crippen molar-refractivity contribution in [2.24, 2.45) is 5.41 Å². The van der Waals surface area contributed by atoms with Gasteiger partial charge in [-0.3, -0.25) is 0 Å². The van der Waals surface area contributed by atoms with E-state index in [0.29, 0.717) is 3.88 Å². The fourth-order valence-electron chi connectivity index (χ4n) is 4.69. The molecule has 0 unspecified atom stereocenters. The molecule has 38 heavy (non-hydrogen) atoms. The second kappa shape index (κ2) is 10.9. The standard InChI is InChI=1S/C10H15.3C7H6O2.Ti/c1-7-6-10(4,5)9(3)8(7)2;3*8-7(9)6-4-2-1-3-5-6;/h1-5H3;3*1-5H,(H,8,9);/q;;;;+3/p-3. The van der Waals surface area contributed by atoms with E-state index in [-0.39, 0.29) is 16.7 Å². The summed E-state index contributed by atoms with van der Waals surface area (Å²) in [7, 11) is 0. The third-order valence-corrected chi connectivity index (χ3v) is 11.7. The summed E-state index contributed by atoms with van der Waals surface area (Å²) in [6.45, 7) is 9.74. The minimum atomic E-state index is -5.33. The molecule has 0 amide bonds. The summed E-state index contributed by atoms with van der Waals surface area (Å²) in [4.78, 5) is 40.6. The maximum absolute atomic E-state index is 13.5. The molecule has 1 aliphatic carbocycles. The van der Waals surface area contributed by atoms with Crippen LogP contribution in [0.5, 0.6) is 0 Å². The van der Waals surface area contributed by atoms with E-state index in [2.05, 4.69) is 0 Å². The Morgan fingerprint density at radius 2 is 0.868 bits per heavy atom. The first-order valence-electron chi connectivity index (χ1n) is 12.3. The average Bonchev–Trinajstić information content (AvgIpc) is 3.08. The van der Waals surface area contributed by atoms with E-state index < -0.39 is 41.1 Å². The van der Waals surface area contributed by atoms with Gasteiger partial charge in [0.2, 0.25) is 0 Å². The van der Waals surface area contributed by atoms with Gasteiger partial charge in [0.25, 0.3) is 0 Å². The molecule has 194 valence electrons. The molecular weight excluding hydrogens is 516 g/mol. The van der Waals surface area contributed by atoms with Gasteiger partial charge in [-0.1, -0.05) is 0 Å². The summed E-state index contributed by atoms with van der Waals surface area (Å²) in [5.41, 5.74) is 2.84. The maximum atomic E-state index is 13.5. The minimum absolute atomic E-state index is 0.254. The van der Waals surface area contributed by atoms with Crippen LogP contribution in [0.4, 0.5) is 0 Å². The number of benzene rings is 3. The fourth-order valence-corrected chi connectivity index (χ4v) is 9.55. The molecule has 4 rings (SSSR count). The summed E-state index contributed by atoms with van der Waals surface area (Å²) in [5.74, 6) is -2.19.